The second-order valence-corrected chi connectivity index (χ2v) is 16.2. The van der Waals surface area contributed by atoms with Crippen LogP contribution in [-0.2, 0) is 0 Å². The Morgan fingerprint density at radius 3 is 1.87 bits per heavy atom. The lowest BCUT2D eigenvalue weighted by molar-refractivity contribution is 0.213. The molecule has 4 unspecified atom stereocenters. The Balaban J connectivity index is 1.92. The van der Waals surface area contributed by atoms with Gasteiger partial charge in [-0.05, 0) is 93.0 Å². The van der Waals surface area contributed by atoms with Crippen LogP contribution in [0.15, 0.2) is 23.8 Å². The highest BCUT2D eigenvalue weighted by Crippen LogP contribution is 2.64. The summed E-state index contributed by atoms with van der Waals surface area (Å²) in [4.78, 5) is 0. The first kappa shape index (κ1) is 25.9. The number of hydrogen-bond donors (Lipinski definition) is 2. The van der Waals surface area contributed by atoms with Gasteiger partial charge in [-0.15, -0.1) is 9.24 Å². The van der Waals surface area contributed by atoms with E-state index in [0.29, 0.717) is 16.2 Å². The van der Waals surface area contributed by atoms with E-state index < -0.39 is 0 Å². The van der Waals surface area contributed by atoms with Gasteiger partial charge < -0.3 is 10.6 Å². The van der Waals surface area contributed by atoms with Gasteiger partial charge in [0, 0.05) is 11.1 Å². The molecule has 2 heterocycles. The molecule has 178 valence electrons. The molecule has 0 aromatic heterocycles. The quantitative estimate of drug-likeness (QED) is 0.377. The smallest absolute Gasteiger partial charge is 0.0146 e. The minimum absolute atomic E-state index is 0.0996. The Labute approximate surface area is 197 Å². The first-order valence-electron chi connectivity index (χ1n) is 13.0. The van der Waals surface area contributed by atoms with Gasteiger partial charge in [-0.25, -0.2) is 0 Å². The van der Waals surface area contributed by atoms with Crippen LogP contribution < -0.4 is 10.6 Å². The molecule has 31 heavy (non-hydrogen) atoms. The van der Waals surface area contributed by atoms with E-state index >= 15 is 0 Å². The van der Waals surface area contributed by atoms with Crippen molar-refractivity contribution in [2.24, 2.45) is 17.8 Å². The summed E-state index contributed by atoms with van der Waals surface area (Å²) in [7, 11) is 3.39. The molecule has 2 N–H and O–H groups in total. The third-order valence-corrected chi connectivity index (χ3v) is 14.6. The Hall–Kier alpha value is 0.260. The average Bonchev–Trinajstić information content (AvgIpc) is 3.27. The summed E-state index contributed by atoms with van der Waals surface area (Å²) < 4.78 is 0. The van der Waals surface area contributed by atoms with Gasteiger partial charge in [-0.1, -0.05) is 73.3 Å². The third-order valence-electron chi connectivity index (χ3n) is 9.03. The van der Waals surface area contributed by atoms with Crippen molar-refractivity contribution >= 4 is 17.2 Å². The van der Waals surface area contributed by atoms with Crippen molar-refractivity contribution in [2.45, 2.75) is 95.5 Å². The van der Waals surface area contributed by atoms with Gasteiger partial charge in [0.2, 0.25) is 0 Å². The summed E-state index contributed by atoms with van der Waals surface area (Å²) in [6.45, 7) is 19.7. The van der Waals surface area contributed by atoms with Crippen LogP contribution in [0.25, 0.3) is 0 Å². The second-order valence-electron chi connectivity index (χ2n) is 11.6. The van der Waals surface area contributed by atoms with E-state index in [0.717, 1.165) is 11.8 Å². The van der Waals surface area contributed by atoms with E-state index in [4.69, 9.17) is 0 Å². The van der Waals surface area contributed by atoms with Crippen molar-refractivity contribution in [1.82, 2.24) is 10.6 Å². The zero-order chi connectivity index (χ0) is 22.7. The monoisotopic (exact) mass is 464 g/mol. The number of hydrogen-bond acceptors (Lipinski definition) is 2. The van der Waals surface area contributed by atoms with E-state index in [9.17, 15) is 0 Å². The van der Waals surface area contributed by atoms with Gasteiger partial charge in [0.1, 0.15) is 0 Å². The Morgan fingerprint density at radius 2 is 1.45 bits per heavy atom. The maximum atomic E-state index is 3.75. The van der Waals surface area contributed by atoms with Crippen LogP contribution in [0.2, 0.25) is 0 Å². The molecule has 0 aromatic rings. The molecular weight excluding hydrogens is 414 g/mol. The van der Waals surface area contributed by atoms with Gasteiger partial charge in [-0.3, -0.25) is 0 Å². The molecule has 0 saturated carbocycles. The molecule has 0 radical (unpaired) electrons. The number of allylic oxidation sites excluding steroid dienone is 4. The van der Waals surface area contributed by atoms with Crippen molar-refractivity contribution in [3.8, 4) is 0 Å². The van der Waals surface area contributed by atoms with Crippen molar-refractivity contribution in [2.75, 3.05) is 32.3 Å². The van der Waals surface area contributed by atoms with Crippen LogP contribution in [0.4, 0.5) is 0 Å². The summed E-state index contributed by atoms with van der Waals surface area (Å²) in [5.41, 5.74) is 1.74. The van der Waals surface area contributed by atoms with Crippen LogP contribution in [0.3, 0.4) is 0 Å². The fourth-order valence-corrected chi connectivity index (χ4v) is 11.3. The molecule has 1 aliphatic carbocycles. The number of rotatable bonds is 9. The standard InChI is InChI=1S/C27H50N2P2/c1-7-25(3,4)31(26(5,6)8-2)20-21-12-9-15-24(21)27(30,22-13-10-16-28-18-22)23-14-11-17-29-19-23/h9,12,15,21-23,28-29H,7-8,10-11,13-14,16-20,30H2,1-6H3. The molecule has 2 saturated heterocycles. The van der Waals surface area contributed by atoms with E-state index in [1.165, 1.54) is 70.9 Å². The van der Waals surface area contributed by atoms with Gasteiger partial charge in [-0.2, -0.15) is 0 Å². The lowest BCUT2D eigenvalue weighted by Crippen LogP contribution is -2.53. The first-order valence-corrected chi connectivity index (χ1v) is 15.1. The minimum atomic E-state index is -0.0996. The van der Waals surface area contributed by atoms with Crippen molar-refractivity contribution in [3.63, 3.8) is 0 Å². The Morgan fingerprint density at radius 1 is 0.935 bits per heavy atom. The summed E-state index contributed by atoms with van der Waals surface area (Å²) >= 11 is 0. The van der Waals surface area contributed by atoms with Gasteiger partial charge in [0.05, 0.1) is 0 Å². The average molecular weight is 465 g/mol. The SMILES string of the molecule is CCC(C)(C)P(CC1C=CC=C1C(P)(C1CCCNC1)C1CCCNC1)C(C)(C)CC. The predicted octanol–water partition coefficient (Wildman–Crippen LogP) is 6.57. The summed E-state index contributed by atoms with van der Waals surface area (Å²) in [6.07, 6.45) is 16.8. The molecule has 3 rings (SSSR count). The molecule has 4 heteroatoms. The Bertz CT molecular complexity index is 606. The van der Waals surface area contributed by atoms with Crippen molar-refractivity contribution in [3.05, 3.63) is 23.8 Å². The van der Waals surface area contributed by atoms with Crippen LogP contribution in [0.1, 0.15) is 80.1 Å². The molecule has 0 amide bonds. The minimum Gasteiger partial charge on any atom is -0.316 e. The van der Waals surface area contributed by atoms with E-state index in [1.807, 2.05) is 0 Å². The third kappa shape index (κ3) is 5.50. The summed E-state index contributed by atoms with van der Waals surface area (Å²) in [5.74, 6) is 2.08. The zero-order valence-electron chi connectivity index (χ0n) is 21.3. The summed E-state index contributed by atoms with van der Waals surface area (Å²) in [5, 5.41) is 8.58. The van der Waals surface area contributed by atoms with Crippen LogP contribution in [0.5, 0.6) is 0 Å². The zero-order valence-corrected chi connectivity index (χ0v) is 23.3. The van der Waals surface area contributed by atoms with E-state index in [1.54, 1.807) is 5.57 Å². The molecule has 4 atom stereocenters. The summed E-state index contributed by atoms with van der Waals surface area (Å²) in [6, 6.07) is 0. The highest BCUT2D eigenvalue weighted by atomic mass is 31.1. The lowest BCUT2D eigenvalue weighted by atomic mass is 9.68. The number of piperidine rings is 2. The van der Waals surface area contributed by atoms with Crippen molar-refractivity contribution in [1.29, 1.82) is 0 Å². The van der Waals surface area contributed by atoms with Crippen LogP contribution in [0, 0.1) is 17.8 Å². The normalized spacial score (nSPS) is 29.8. The van der Waals surface area contributed by atoms with Crippen LogP contribution in [-0.4, -0.2) is 47.8 Å². The van der Waals surface area contributed by atoms with Crippen molar-refractivity contribution < 1.29 is 0 Å². The first-order chi connectivity index (χ1) is 14.7. The highest BCUT2D eigenvalue weighted by Gasteiger charge is 2.48. The lowest BCUT2D eigenvalue weighted by Gasteiger charge is -2.51. The molecule has 3 aliphatic rings. The fourth-order valence-electron chi connectivity index (χ4n) is 6.36. The maximum Gasteiger partial charge on any atom is 0.0146 e. The van der Waals surface area contributed by atoms with Crippen LogP contribution >= 0.6 is 17.2 Å². The van der Waals surface area contributed by atoms with Gasteiger partial charge >= 0.3 is 0 Å². The largest absolute Gasteiger partial charge is 0.316 e. The second kappa shape index (κ2) is 10.7. The molecule has 2 nitrogen and oxygen atoms in total. The topological polar surface area (TPSA) is 24.1 Å². The van der Waals surface area contributed by atoms with E-state index in [2.05, 4.69) is 79.6 Å². The molecule has 0 spiro atoms. The van der Waals surface area contributed by atoms with E-state index in [-0.39, 0.29) is 13.1 Å². The van der Waals surface area contributed by atoms with Gasteiger partial charge in [0.15, 0.2) is 0 Å². The fraction of sp³-hybridized carbons (Fsp3) is 0.852. The highest BCUT2D eigenvalue weighted by molar-refractivity contribution is 7.60. The molecule has 0 bridgehead atoms. The van der Waals surface area contributed by atoms with Gasteiger partial charge in [0.25, 0.3) is 0 Å². The predicted molar refractivity (Wildman–Crippen MR) is 145 cm³/mol. The molecule has 0 aromatic carbocycles. The maximum absolute atomic E-state index is 3.75. The molecular formula is C27H50N2P2. The molecule has 2 aliphatic heterocycles. The number of nitrogens with one attached hydrogen (secondary N) is 2. The Kier molecular flexibility index (Phi) is 8.91. The molecule has 2 fully saturated rings.